The maximum atomic E-state index is 11.6. The Morgan fingerprint density at radius 2 is 2.26 bits per heavy atom. The minimum Gasteiger partial charge on any atom is -0.483 e. The number of benzene rings is 1. The monoisotopic (exact) mass is 278 g/mol. The van der Waals surface area contributed by atoms with E-state index in [-0.39, 0.29) is 12.5 Å². The molecule has 102 valence electrons. The molecule has 1 saturated carbocycles. The van der Waals surface area contributed by atoms with Crippen LogP contribution in [-0.2, 0) is 4.79 Å². The lowest BCUT2D eigenvalue weighted by atomic mass is 10.1. The molecule has 0 unspecified atom stereocenters. The van der Waals surface area contributed by atoms with Crippen LogP contribution in [0.15, 0.2) is 18.2 Å². The van der Waals surface area contributed by atoms with E-state index < -0.39 is 0 Å². The average molecular weight is 278 g/mol. The first-order valence-electron chi connectivity index (χ1n) is 6.36. The van der Waals surface area contributed by atoms with Crippen LogP contribution in [0.25, 0.3) is 0 Å². The first-order chi connectivity index (χ1) is 9.06. The van der Waals surface area contributed by atoms with Crippen LogP contribution in [0.1, 0.15) is 24.0 Å². The second-order valence-corrected chi connectivity index (χ2v) is 5.32. The number of aryl methyl sites for hydroxylation is 1. The van der Waals surface area contributed by atoms with E-state index in [0.29, 0.717) is 16.7 Å². The van der Waals surface area contributed by atoms with Crippen molar-refractivity contribution in [3.05, 3.63) is 29.3 Å². The molecule has 2 rings (SSSR count). The van der Waals surface area contributed by atoms with Crippen LogP contribution in [0, 0.1) is 12.8 Å². The van der Waals surface area contributed by atoms with Crippen molar-refractivity contribution >= 4 is 23.1 Å². The number of thiocarbonyl (C=S) groups is 1. The van der Waals surface area contributed by atoms with Crippen molar-refractivity contribution in [3.8, 4) is 5.75 Å². The Labute approximate surface area is 118 Å². The summed E-state index contributed by atoms with van der Waals surface area (Å²) in [4.78, 5) is 11.9. The maximum Gasteiger partial charge on any atom is 0.257 e. The van der Waals surface area contributed by atoms with E-state index in [1.807, 2.05) is 19.1 Å². The number of rotatable bonds is 6. The van der Waals surface area contributed by atoms with E-state index in [1.54, 1.807) is 6.07 Å². The summed E-state index contributed by atoms with van der Waals surface area (Å²) in [5.74, 6) is 1.22. The Bertz CT molecular complexity index is 498. The summed E-state index contributed by atoms with van der Waals surface area (Å²) in [5.41, 5.74) is 7.27. The van der Waals surface area contributed by atoms with Gasteiger partial charge in [0.25, 0.3) is 5.91 Å². The quantitative estimate of drug-likeness (QED) is 0.775. The van der Waals surface area contributed by atoms with Gasteiger partial charge in [-0.15, -0.1) is 0 Å². The number of carbonyl (C=O) groups excluding carboxylic acids is 1. The van der Waals surface area contributed by atoms with Gasteiger partial charge in [0, 0.05) is 12.1 Å². The fourth-order valence-electron chi connectivity index (χ4n) is 1.68. The van der Waals surface area contributed by atoms with Crippen LogP contribution >= 0.6 is 12.2 Å². The highest BCUT2D eigenvalue weighted by Gasteiger charge is 2.21. The highest BCUT2D eigenvalue weighted by Crippen LogP contribution is 2.27. The van der Waals surface area contributed by atoms with Crippen molar-refractivity contribution in [3.63, 3.8) is 0 Å². The summed E-state index contributed by atoms with van der Waals surface area (Å²) in [5, 5.41) is 2.86. The molecule has 19 heavy (non-hydrogen) atoms. The Balaban J connectivity index is 1.88. The molecule has 0 heterocycles. The summed E-state index contributed by atoms with van der Waals surface area (Å²) in [6, 6.07) is 5.50. The largest absolute Gasteiger partial charge is 0.483 e. The molecule has 1 fully saturated rings. The molecule has 1 amide bonds. The van der Waals surface area contributed by atoms with E-state index in [9.17, 15) is 4.79 Å². The van der Waals surface area contributed by atoms with Crippen LogP contribution in [0.3, 0.4) is 0 Å². The molecule has 4 nitrogen and oxygen atoms in total. The fourth-order valence-corrected chi connectivity index (χ4v) is 1.81. The predicted molar refractivity (Wildman–Crippen MR) is 78.3 cm³/mol. The zero-order valence-corrected chi connectivity index (χ0v) is 11.8. The number of amides is 1. The smallest absolute Gasteiger partial charge is 0.257 e. The third-order valence-corrected chi connectivity index (χ3v) is 3.35. The van der Waals surface area contributed by atoms with E-state index in [2.05, 4.69) is 5.32 Å². The van der Waals surface area contributed by atoms with Crippen molar-refractivity contribution in [2.24, 2.45) is 11.7 Å². The lowest BCUT2D eigenvalue weighted by molar-refractivity contribution is -0.123. The van der Waals surface area contributed by atoms with Gasteiger partial charge >= 0.3 is 0 Å². The standard InChI is InChI=1S/C14H18N2O2S/c1-9-2-5-11(14(15)19)6-12(9)18-8-13(17)16-7-10-3-4-10/h2,5-6,10H,3-4,7-8H2,1H3,(H2,15,19)(H,16,17). The second kappa shape index (κ2) is 6.02. The molecule has 1 aliphatic carbocycles. The molecule has 0 atom stereocenters. The minimum absolute atomic E-state index is 0.0222. The molecule has 0 aromatic heterocycles. The van der Waals surface area contributed by atoms with E-state index in [0.717, 1.165) is 17.7 Å². The highest BCUT2D eigenvalue weighted by molar-refractivity contribution is 7.80. The third-order valence-electron chi connectivity index (χ3n) is 3.12. The van der Waals surface area contributed by atoms with Crippen molar-refractivity contribution < 1.29 is 9.53 Å². The third kappa shape index (κ3) is 4.21. The van der Waals surface area contributed by atoms with Crippen molar-refractivity contribution in [1.29, 1.82) is 0 Å². The Hall–Kier alpha value is -1.62. The van der Waals surface area contributed by atoms with Crippen LogP contribution in [0.4, 0.5) is 0 Å². The van der Waals surface area contributed by atoms with Gasteiger partial charge in [-0.1, -0.05) is 24.4 Å². The van der Waals surface area contributed by atoms with Crippen molar-refractivity contribution in [1.82, 2.24) is 5.32 Å². The van der Waals surface area contributed by atoms with Gasteiger partial charge in [0.15, 0.2) is 6.61 Å². The summed E-state index contributed by atoms with van der Waals surface area (Å²) in [6.45, 7) is 2.70. The summed E-state index contributed by atoms with van der Waals surface area (Å²) >= 11 is 4.92. The van der Waals surface area contributed by atoms with Crippen molar-refractivity contribution in [2.45, 2.75) is 19.8 Å². The first kappa shape index (κ1) is 13.8. The van der Waals surface area contributed by atoms with Gasteiger partial charge < -0.3 is 15.8 Å². The zero-order valence-electron chi connectivity index (χ0n) is 10.9. The lowest BCUT2D eigenvalue weighted by Gasteiger charge is -2.10. The average Bonchev–Trinajstić information content (AvgIpc) is 3.19. The fraction of sp³-hybridized carbons (Fsp3) is 0.429. The van der Waals surface area contributed by atoms with Crippen LogP contribution < -0.4 is 15.8 Å². The molecular weight excluding hydrogens is 260 g/mol. The molecule has 0 bridgehead atoms. The number of nitrogens with two attached hydrogens (primary N) is 1. The Morgan fingerprint density at radius 3 is 2.89 bits per heavy atom. The molecule has 0 spiro atoms. The normalized spacial score (nSPS) is 13.9. The number of hydrogen-bond acceptors (Lipinski definition) is 3. The van der Waals surface area contributed by atoms with Crippen molar-refractivity contribution in [2.75, 3.05) is 13.2 Å². The Morgan fingerprint density at radius 1 is 1.53 bits per heavy atom. The van der Waals surface area contributed by atoms with Gasteiger partial charge in [-0.05, 0) is 37.3 Å². The zero-order chi connectivity index (χ0) is 13.8. The van der Waals surface area contributed by atoms with Gasteiger partial charge in [-0.2, -0.15) is 0 Å². The molecule has 3 N–H and O–H groups in total. The maximum absolute atomic E-state index is 11.6. The number of nitrogens with one attached hydrogen (secondary N) is 1. The second-order valence-electron chi connectivity index (χ2n) is 4.88. The van der Waals surface area contributed by atoms with E-state index in [1.165, 1.54) is 12.8 Å². The number of hydrogen-bond donors (Lipinski definition) is 2. The minimum atomic E-state index is -0.0907. The van der Waals surface area contributed by atoms with Gasteiger partial charge in [-0.3, -0.25) is 4.79 Å². The van der Waals surface area contributed by atoms with Crippen LogP contribution in [0.5, 0.6) is 5.75 Å². The van der Waals surface area contributed by atoms with E-state index >= 15 is 0 Å². The topological polar surface area (TPSA) is 64.3 Å². The highest BCUT2D eigenvalue weighted by atomic mass is 32.1. The molecule has 1 aliphatic rings. The molecule has 1 aromatic carbocycles. The Kier molecular flexibility index (Phi) is 4.37. The SMILES string of the molecule is Cc1ccc(C(N)=S)cc1OCC(=O)NCC1CC1. The lowest BCUT2D eigenvalue weighted by Crippen LogP contribution is -2.30. The molecule has 1 aromatic rings. The molecular formula is C14H18N2O2S. The molecule has 0 aliphatic heterocycles. The first-order valence-corrected chi connectivity index (χ1v) is 6.77. The van der Waals surface area contributed by atoms with E-state index in [4.69, 9.17) is 22.7 Å². The molecule has 5 heteroatoms. The summed E-state index contributed by atoms with van der Waals surface area (Å²) < 4.78 is 5.51. The number of ether oxygens (including phenoxy) is 1. The van der Waals surface area contributed by atoms with Crippen LogP contribution in [0.2, 0.25) is 0 Å². The van der Waals surface area contributed by atoms with Gasteiger partial charge in [-0.25, -0.2) is 0 Å². The van der Waals surface area contributed by atoms with Crippen LogP contribution in [-0.4, -0.2) is 24.0 Å². The number of carbonyl (C=O) groups is 1. The molecule has 0 saturated heterocycles. The predicted octanol–water partition coefficient (Wildman–Crippen LogP) is 1.53. The molecule has 0 radical (unpaired) electrons. The van der Waals surface area contributed by atoms with Gasteiger partial charge in [0.2, 0.25) is 0 Å². The summed E-state index contributed by atoms with van der Waals surface area (Å²) in [6.07, 6.45) is 2.44. The van der Waals surface area contributed by atoms with Gasteiger partial charge in [0.1, 0.15) is 10.7 Å². The summed E-state index contributed by atoms with van der Waals surface area (Å²) in [7, 11) is 0. The van der Waals surface area contributed by atoms with Gasteiger partial charge in [0.05, 0.1) is 0 Å².